The van der Waals surface area contributed by atoms with Crippen LogP contribution in [-0.4, -0.2) is 39.9 Å². The SMILES string of the molecule is COc1cc(CC(=O)NC[C@@H]2Cc3cc(-c4ccsc4)cc(Cl)c3O2)cc(OC)c1OC. The second kappa shape index (κ2) is 9.71. The Bertz CT molecular complexity index is 1090. The molecule has 0 bridgehead atoms. The second-order valence-electron chi connectivity index (χ2n) is 7.42. The number of ether oxygens (including phenoxy) is 4. The zero-order valence-electron chi connectivity index (χ0n) is 18.1. The van der Waals surface area contributed by atoms with Crippen LogP contribution in [0.15, 0.2) is 41.1 Å². The number of thiophene rings is 1. The number of carbonyl (C=O) groups is 1. The topological polar surface area (TPSA) is 66.0 Å². The third-order valence-corrected chi connectivity index (χ3v) is 6.29. The Hall–Kier alpha value is -2.90. The summed E-state index contributed by atoms with van der Waals surface area (Å²) in [4.78, 5) is 12.6. The first kappa shape index (κ1) is 22.3. The Morgan fingerprint density at radius 2 is 1.88 bits per heavy atom. The minimum atomic E-state index is -0.163. The fourth-order valence-electron chi connectivity index (χ4n) is 3.81. The van der Waals surface area contributed by atoms with Crippen LogP contribution >= 0.6 is 22.9 Å². The fraction of sp³-hybridized carbons (Fsp3) is 0.292. The van der Waals surface area contributed by atoms with Crippen molar-refractivity contribution in [3.63, 3.8) is 0 Å². The largest absolute Gasteiger partial charge is 0.493 e. The lowest BCUT2D eigenvalue weighted by molar-refractivity contribution is -0.120. The Labute approximate surface area is 196 Å². The highest BCUT2D eigenvalue weighted by Crippen LogP contribution is 2.40. The Balaban J connectivity index is 1.38. The minimum absolute atomic E-state index is 0.121. The smallest absolute Gasteiger partial charge is 0.224 e. The maximum absolute atomic E-state index is 12.6. The van der Waals surface area contributed by atoms with Crippen molar-refractivity contribution in [2.24, 2.45) is 0 Å². The van der Waals surface area contributed by atoms with Gasteiger partial charge in [-0.05, 0) is 57.8 Å². The number of halogens is 1. The number of fused-ring (bicyclic) bond motifs is 1. The first-order chi connectivity index (χ1) is 15.5. The van der Waals surface area contributed by atoms with Gasteiger partial charge in [0, 0.05) is 12.0 Å². The van der Waals surface area contributed by atoms with Gasteiger partial charge in [0.25, 0.3) is 0 Å². The highest BCUT2D eigenvalue weighted by atomic mass is 35.5. The van der Waals surface area contributed by atoms with Crippen LogP contribution in [0.2, 0.25) is 5.02 Å². The van der Waals surface area contributed by atoms with Crippen molar-refractivity contribution >= 4 is 28.8 Å². The third kappa shape index (κ3) is 4.64. The lowest BCUT2D eigenvalue weighted by atomic mass is 10.0. The van der Waals surface area contributed by atoms with Crippen LogP contribution in [0, 0.1) is 0 Å². The van der Waals surface area contributed by atoms with E-state index in [-0.39, 0.29) is 18.4 Å². The number of hydrogen-bond acceptors (Lipinski definition) is 6. The molecule has 0 spiro atoms. The molecule has 2 aromatic carbocycles. The van der Waals surface area contributed by atoms with Gasteiger partial charge in [0.2, 0.25) is 11.7 Å². The summed E-state index contributed by atoms with van der Waals surface area (Å²) in [5.74, 6) is 2.11. The molecule has 1 aliphatic heterocycles. The molecule has 0 radical (unpaired) electrons. The van der Waals surface area contributed by atoms with E-state index in [2.05, 4.69) is 22.8 Å². The molecule has 32 heavy (non-hydrogen) atoms. The fourth-order valence-corrected chi connectivity index (χ4v) is 4.76. The summed E-state index contributed by atoms with van der Waals surface area (Å²) in [6.45, 7) is 0.391. The van der Waals surface area contributed by atoms with E-state index < -0.39 is 0 Å². The van der Waals surface area contributed by atoms with Gasteiger partial charge in [0.1, 0.15) is 11.9 Å². The molecule has 2 heterocycles. The van der Waals surface area contributed by atoms with Crippen molar-refractivity contribution < 1.29 is 23.7 Å². The maximum Gasteiger partial charge on any atom is 0.224 e. The molecule has 6 nitrogen and oxygen atoms in total. The Kier molecular flexibility index (Phi) is 6.77. The third-order valence-electron chi connectivity index (χ3n) is 5.32. The minimum Gasteiger partial charge on any atom is -0.493 e. The van der Waals surface area contributed by atoms with Gasteiger partial charge in [-0.1, -0.05) is 11.6 Å². The molecule has 3 aromatic rings. The van der Waals surface area contributed by atoms with Crippen molar-refractivity contribution in [2.45, 2.75) is 18.9 Å². The van der Waals surface area contributed by atoms with Crippen molar-refractivity contribution in [2.75, 3.05) is 27.9 Å². The van der Waals surface area contributed by atoms with E-state index in [4.69, 9.17) is 30.5 Å². The van der Waals surface area contributed by atoms with Gasteiger partial charge in [-0.3, -0.25) is 4.79 Å². The summed E-state index contributed by atoms with van der Waals surface area (Å²) in [6, 6.07) is 9.65. The van der Waals surface area contributed by atoms with Crippen molar-refractivity contribution in [1.29, 1.82) is 0 Å². The lowest BCUT2D eigenvalue weighted by Crippen LogP contribution is -2.35. The van der Waals surface area contributed by atoms with Crippen LogP contribution in [0.25, 0.3) is 11.1 Å². The van der Waals surface area contributed by atoms with Crippen LogP contribution in [0.1, 0.15) is 11.1 Å². The molecule has 0 fully saturated rings. The predicted molar refractivity (Wildman–Crippen MR) is 126 cm³/mol. The number of carbonyl (C=O) groups excluding carboxylic acids is 1. The number of benzene rings is 2. The molecule has 4 rings (SSSR count). The van der Waals surface area contributed by atoms with Crippen molar-refractivity contribution in [3.05, 3.63) is 57.2 Å². The maximum atomic E-state index is 12.6. The molecule has 1 atom stereocenters. The van der Waals surface area contributed by atoms with Gasteiger partial charge in [0.05, 0.1) is 39.3 Å². The first-order valence-corrected chi connectivity index (χ1v) is 11.4. The van der Waals surface area contributed by atoms with Gasteiger partial charge in [0.15, 0.2) is 11.5 Å². The summed E-state index contributed by atoms with van der Waals surface area (Å²) in [6.07, 6.45) is 0.709. The second-order valence-corrected chi connectivity index (χ2v) is 8.60. The zero-order valence-corrected chi connectivity index (χ0v) is 19.6. The van der Waals surface area contributed by atoms with E-state index in [0.29, 0.717) is 41.0 Å². The molecule has 1 amide bonds. The van der Waals surface area contributed by atoms with E-state index in [1.165, 1.54) is 0 Å². The molecule has 0 saturated heterocycles. The molecular weight excluding hydrogens is 450 g/mol. The highest BCUT2D eigenvalue weighted by molar-refractivity contribution is 7.08. The quantitative estimate of drug-likeness (QED) is 0.511. The zero-order chi connectivity index (χ0) is 22.7. The van der Waals surface area contributed by atoms with E-state index in [1.54, 1.807) is 44.8 Å². The Morgan fingerprint density at radius 3 is 2.50 bits per heavy atom. The van der Waals surface area contributed by atoms with Gasteiger partial charge < -0.3 is 24.3 Å². The highest BCUT2D eigenvalue weighted by Gasteiger charge is 2.26. The predicted octanol–water partition coefficient (Wildman–Crippen LogP) is 4.76. The number of rotatable bonds is 8. The summed E-state index contributed by atoms with van der Waals surface area (Å²) in [7, 11) is 4.64. The van der Waals surface area contributed by atoms with Gasteiger partial charge in [-0.2, -0.15) is 11.3 Å². The molecule has 8 heteroatoms. The van der Waals surface area contributed by atoms with E-state index >= 15 is 0 Å². The molecule has 1 N–H and O–H groups in total. The number of amides is 1. The van der Waals surface area contributed by atoms with Crippen LogP contribution in [0.4, 0.5) is 0 Å². The number of methoxy groups -OCH3 is 3. The molecule has 168 valence electrons. The average molecular weight is 474 g/mol. The normalized spacial score (nSPS) is 14.4. The molecule has 1 aromatic heterocycles. The molecule has 1 aliphatic rings. The lowest BCUT2D eigenvalue weighted by Gasteiger charge is -2.15. The summed E-state index contributed by atoms with van der Waals surface area (Å²) >= 11 is 8.11. The molecule has 0 saturated carbocycles. The average Bonchev–Trinajstić information content (AvgIpc) is 3.47. The van der Waals surface area contributed by atoms with E-state index in [9.17, 15) is 4.79 Å². The van der Waals surface area contributed by atoms with E-state index in [1.807, 2.05) is 11.4 Å². The molecule has 0 unspecified atom stereocenters. The van der Waals surface area contributed by atoms with Gasteiger partial charge in [-0.15, -0.1) is 0 Å². The first-order valence-electron chi connectivity index (χ1n) is 10.1. The van der Waals surface area contributed by atoms with E-state index in [0.717, 1.165) is 22.3 Å². The summed E-state index contributed by atoms with van der Waals surface area (Å²) in [5.41, 5.74) is 4.03. The van der Waals surface area contributed by atoms with Crippen LogP contribution < -0.4 is 24.3 Å². The standard InChI is InChI=1S/C24H24ClNO5S/c1-28-20-6-14(7-21(29-2)24(20)30-3)8-22(27)26-12-18-10-17-9-16(15-4-5-32-13-15)11-19(25)23(17)31-18/h4-7,9,11,13,18H,8,10,12H2,1-3H3,(H,26,27)/t18-/m0/s1. The number of hydrogen-bond donors (Lipinski definition) is 1. The van der Waals surface area contributed by atoms with Crippen molar-refractivity contribution in [3.8, 4) is 34.1 Å². The Morgan fingerprint density at radius 1 is 1.12 bits per heavy atom. The summed E-state index contributed by atoms with van der Waals surface area (Å²) in [5, 5.41) is 7.68. The van der Waals surface area contributed by atoms with Crippen molar-refractivity contribution in [1.82, 2.24) is 5.32 Å². The van der Waals surface area contributed by atoms with Crippen LogP contribution in [0.3, 0.4) is 0 Å². The van der Waals surface area contributed by atoms with Crippen LogP contribution in [0.5, 0.6) is 23.0 Å². The summed E-state index contributed by atoms with van der Waals surface area (Å²) < 4.78 is 22.1. The molecular formula is C24H24ClNO5S. The van der Waals surface area contributed by atoms with Gasteiger partial charge >= 0.3 is 0 Å². The van der Waals surface area contributed by atoms with Crippen LogP contribution in [-0.2, 0) is 17.6 Å². The monoisotopic (exact) mass is 473 g/mol. The molecule has 0 aliphatic carbocycles. The number of nitrogens with one attached hydrogen (secondary N) is 1. The van der Waals surface area contributed by atoms with Gasteiger partial charge in [-0.25, -0.2) is 0 Å².